The van der Waals surface area contributed by atoms with Gasteiger partial charge in [0.05, 0.1) is 5.75 Å². The Bertz CT molecular complexity index is 351. The highest BCUT2D eigenvalue weighted by atomic mass is 32.2. The van der Waals surface area contributed by atoms with Crippen molar-refractivity contribution in [3.63, 3.8) is 0 Å². The first-order chi connectivity index (χ1) is 9.01. The van der Waals surface area contributed by atoms with Crippen LogP contribution < -0.4 is 10.6 Å². The van der Waals surface area contributed by atoms with E-state index in [9.17, 15) is 8.42 Å². The minimum Gasteiger partial charge on any atom is -0.357 e. The zero-order chi connectivity index (χ0) is 14.7. The van der Waals surface area contributed by atoms with Crippen molar-refractivity contribution < 1.29 is 8.42 Å². The minimum absolute atomic E-state index is 0.0885. The summed E-state index contributed by atoms with van der Waals surface area (Å²) in [4.78, 5) is 4.32. The van der Waals surface area contributed by atoms with Gasteiger partial charge in [-0.15, -0.1) is 0 Å². The third-order valence-electron chi connectivity index (χ3n) is 2.59. The Hall–Kier alpha value is -0.820. The van der Waals surface area contributed by atoms with Crippen LogP contribution in [0.2, 0.25) is 0 Å². The van der Waals surface area contributed by atoms with Gasteiger partial charge in [0.2, 0.25) is 10.0 Å². The molecule has 0 fully saturated rings. The van der Waals surface area contributed by atoms with E-state index >= 15 is 0 Å². The molecule has 0 aliphatic rings. The number of guanidine groups is 1. The molecule has 6 nitrogen and oxygen atoms in total. The van der Waals surface area contributed by atoms with Crippen LogP contribution in [-0.4, -0.2) is 57.2 Å². The van der Waals surface area contributed by atoms with Crippen LogP contribution in [0.25, 0.3) is 0 Å². The van der Waals surface area contributed by atoms with E-state index in [0.717, 1.165) is 19.5 Å². The molecule has 0 saturated heterocycles. The van der Waals surface area contributed by atoms with Crippen molar-refractivity contribution in [2.45, 2.75) is 34.1 Å². The topological polar surface area (TPSA) is 73.8 Å². The first kappa shape index (κ1) is 18.2. The average Bonchev–Trinajstić information content (AvgIpc) is 2.36. The summed E-state index contributed by atoms with van der Waals surface area (Å²) in [6, 6.07) is 0. The molecule has 0 radical (unpaired) electrons. The van der Waals surface area contributed by atoms with Gasteiger partial charge in [-0.25, -0.2) is 12.7 Å². The number of nitrogens with zero attached hydrogens (tertiary/aromatic N) is 2. The highest BCUT2D eigenvalue weighted by molar-refractivity contribution is 7.89. The summed E-state index contributed by atoms with van der Waals surface area (Å²) in [5, 5.41) is 6.14. The van der Waals surface area contributed by atoms with Gasteiger partial charge in [-0.3, -0.25) is 4.99 Å². The van der Waals surface area contributed by atoms with E-state index in [2.05, 4.69) is 22.5 Å². The van der Waals surface area contributed by atoms with Crippen molar-refractivity contribution in [3.05, 3.63) is 0 Å². The fourth-order valence-corrected chi connectivity index (χ4v) is 3.01. The second-order valence-electron chi connectivity index (χ2n) is 4.09. The Morgan fingerprint density at radius 3 is 2.21 bits per heavy atom. The van der Waals surface area contributed by atoms with Gasteiger partial charge in [0.25, 0.3) is 0 Å². The van der Waals surface area contributed by atoms with Crippen molar-refractivity contribution in [1.82, 2.24) is 14.9 Å². The van der Waals surface area contributed by atoms with Gasteiger partial charge in [0.1, 0.15) is 0 Å². The van der Waals surface area contributed by atoms with E-state index in [1.54, 1.807) is 0 Å². The molecule has 0 heterocycles. The quantitative estimate of drug-likeness (QED) is 0.483. The van der Waals surface area contributed by atoms with E-state index in [-0.39, 0.29) is 5.75 Å². The largest absolute Gasteiger partial charge is 0.357 e. The summed E-state index contributed by atoms with van der Waals surface area (Å²) in [5.74, 6) is 0.768. The van der Waals surface area contributed by atoms with Crippen molar-refractivity contribution in [2.75, 3.05) is 38.5 Å². The minimum atomic E-state index is -3.17. The molecular weight excluding hydrogens is 264 g/mol. The lowest BCUT2D eigenvalue weighted by Gasteiger charge is -2.19. The van der Waals surface area contributed by atoms with Crippen LogP contribution in [0.1, 0.15) is 34.1 Å². The number of hydrogen-bond acceptors (Lipinski definition) is 3. The van der Waals surface area contributed by atoms with E-state index in [1.807, 2.05) is 20.8 Å². The third kappa shape index (κ3) is 7.37. The Morgan fingerprint density at radius 2 is 1.74 bits per heavy atom. The Balaban J connectivity index is 4.32. The normalized spacial score (nSPS) is 12.8. The third-order valence-corrected chi connectivity index (χ3v) is 4.61. The predicted octanol–water partition coefficient (Wildman–Crippen LogP) is 0.623. The summed E-state index contributed by atoms with van der Waals surface area (Å²) in [5.41, 5.74) is 0. The number of rotatable bonds is 9. The molecule has 0 spiro atoms. The van der Waals surface area contributed by atoms with Crippen molar-refractivity contribution in [2.24, 2.45) is 4.99 Å². The van der Waals surface area contributed by atoms with Gasteiger partial charge in [-0.1, -0.05) is 20.8 Å². The van der Waals surface area contributed by atoms with Crippen LogP contribution in [0, 0.1) is 0 Å². The molecule has 2 N–H and O–H groups in total. The second kappa shape index (κ2) is 10.0. The summed E-state index contributed by atoms with van der Waals surface area (Å²) in [6.45, 7) is 10.6. The fourth-order valence-electron chi connectivity index (χ4n) is 1.61. The van der Waals surface area contributed by atoms with Crippen LogP contribution >= 0.6 is 0 Å². The molecule has 0 atom stereocenters. The standard InChI is InChI=1S/C12H28N4O2S/c1-5-9-14-12(13-6-2)15-10-11-19(17,18)16(7-3)8-4/h5-11H2,1-4H3,(H2,13,14,15). The van der Waals surface area contributed by atoms with Crippen molar-refractivity contribution in [3.8, 4) is 0 Å². The smallest absolute Gasteiger partial charge is 0.215 e. The lowest BCUT2D eigenvalue weighted by molar-refractivity contribution is 0.445. The monoisotopic (exact) mass is 292 g/mol. The maximum absolute atomic E-state index is 12.0. The average molecular weight is 292 g/mol. The highest BCUT2D eigenvalue weighted by Gasteiger charge is 2.17. The first-order valence-corrected chi connectivity index (χ1v) is 8.62. The van der Waals surface area contributed by atoms with Gasteiger partial charge in [0, 0.05) is 32.7 Å². The Kier molecular flexibility index (Phi) is 9.59. The molecule has 0 rings (SSSR count). The molecule has 0 aromatic heterocycles. The predicted molar refractivity (Wildman–Crippen MR) is 81.0 cm³/mol. The van der Waals surface area contributed by atoms with Crippen LogP contribution in [0.15, 0.2) is 4.99 Å². The molecule has 0 amide bonds. The first-order valence-electron chi connectivity index (χ1n) is 7.01. The van der Waals surface area contributed by atoms with E-state index in [0.29, 0.717) is 25.6 Å². The van der Waals surface area contributed by atoms with Gasteiger partial charge < -0.3 is 10.6 Å². The van der Waals surface area contributed by atoms with E-state index < -0.39 is 10.0 Å². The Morgan fingerprint density at radius 1 is 1.11 bits per heavy atom. The molecule has 0 aromatic rings. The zero-order valence-electron chi connectivity index (χ0n) is 12.6. The molecule has 0 aromatic carbocycles. The lowest BCUT2D eigenvalue weighted by Crippen LogP contribution is -2.42. The van der Waals surface area contributed by atoms with Gasteiger partial charge in [0.15, 0.2) is 5.96 Å². The maximum atomic E-state index is 12.0. The molecule has 0 aliphatic heterocycles. The molecule has 0 bridgehead atoms. The summed E-state index contributed by atoms with van der Waals surface area (Å²) >= 11 is 0. The molecular formula is C12H28N4O2S. The number of hydrogen-bond donors (Lipinski definition) is 2. The summed E-state index contributed by atoms with van der Waals surface area (Å²) < 4.78 is 25.4. The highest BCUT2D eigenvalue weighted by Crippen LogP contribution is 1.99. The van der Waals surface area contributed by atoms with Crippen LogP contribution in [-0.2, 0) is 10.0 Å². The summed E-state index contributed by atoms with van der Waals surface area (Å²) in [6.07, 6.45) is 0.967. The van der Waals surface area contributed by atoms with E-state index in [4.69, 9.17) is 0 Å². The van der Waals surface area contributed by atoms with Crippen molar-refractivity contribution in [1.29, 1.82) is 0 Å². The van der Waals surface area contributed by atoms with Crippen LogP contribution in [0.5, 0.6) is 0 Å². The number of nitrogens with one attached hydrogen (secondary N) is 2. The van der Waals surface area contributed by atoms with Crippen molar-refractivity contribution >= 4 is 16.0 Å². The second-order valence-corrected chi connectivity index (χ2v) is 6.18. The molecule has 114 valence electrons. The number of aliphatic imine (C=N–C) groups is 1. The SMILES string of the molecule is CCCN=C(NCC)NCCS(=O)(=O)N(CC)CC. The molecule has 0 saturated carbocycles. The number of sulfonamides is 1. The van der Waals surface area contributed by atoms with Crippen LogP contribution in [0.3, 0.4) is 0 Å². The fraction of sp³-hybridized carbons (Fsp3) is 0.917. The van der Waals surface area contributed by atoms with Gasteiger partial charge in [-0.2, -0.15) is 0 Å². The van der Waals surface area contributed by atoms with Crippen LogP contribution in [0.4, 0.5) is 0 Å². The zero-order valence-corrected chi connectivity index (χ0v) is 13.4. The Labute approximate surface area is 117 Å². The lowest BCUT2D eigenvalue weighted by atomic mass is 10.5. The van der Waals surface area contributed by atoms with Gasteiger partial charge in [-0.05, 0) is 13.3 Å². The maximum Gasteiger partial charge on any atom is 0.215 e. The molecule has 19 heavy (non-hydrogen) atoms. The summed E-state index contributed by atoms with van der Waals surface area (Å²) in [7, 11) is -3.17. The molecule has 7 heteroatoms. The van der Waals surface area contributed by atoms with E-state index in [1.165, 1.54) is 4.31 Å². The van der Waals surface area contributed by atoms with Gasteiger partial charge >= 0.3 is 0 Å². The molecule has 0 aliphatic carbocycles. The molecule has 0 unspecified atom stereocenters.